The molecular formula is C34H36FN3O4S. The molecule has 0 radical (unpaired) electrons. The number of rotatable bonds is 13. The molecule has 2 amide bonds. The van der Waals surface area contributed by atoms with Crippen molar-refractivity contribution in [2.75, 3.05) is 17.4 Å². The van der Waals surface area contributed by atoms with E-state index in [2.05, 4.69) is 5.32 Å². The molecule has 4 aromatic carbocycles. The first kappa shape index (κ1) is 30.2. The Kier molecular flexibility index (Phi) is 9.40. The van der Waals surface area contributed by atoms with Crippen molar-refractivity contribution in [3.8, 4) is 0 Å². The molecule has 1 aliphatic heterocycles. The number of carbonyl (C=O) groups is 2. The minimum Gasteiger partial charge on any atom is -0.354 e. The maximum absolute atomic E-state index is 13.9. The summed E-state index contributed by atoms with van der Waals surface area (Å²) in [4.78, 5) is 29.3. The quantitative estimate of drug-likeness (QED) is 0.196. The van der Waals surface area contributed by atoms with Gasteiger partial charge in [0.1, 0.15) is 11.9 Å². The molecule has 1 atom stereocenters. The van der Waals surface area contributed by atoms with Crippen LogP contribution in [0.2, 0.25) is 0 Å². The summed E-state index contributed by atoms with van der Waals surface area (Å²) in [5, 5.41) is 4.53. The molecule has 5 rings (SSSR count). The van der Waals surface area contributed by atoms with Crippen molar-refractivity contribution < 1.29 is 22.4 Å². The van der Waals surface area contributed by atoms with E-state index in [0.717, 1.165) is 23.8 Å². The first-order valence-corrected chi connectivity index (χ1v) is 16.1. The van der Waals surface area contributed by atoms with Gasteiger partial charge in [0.05, 0.1) is 10.6 Å². The van der Waals surface area contributed by atoms with Gasteiger partial charge in [-0.2, -0.15) is 0 Å². The van der Waals surface area contributed by atoms with Crippen LogP contribution >= 0.6 is 0 Å². The number of carbonyl (C=O) groups excluding carboxylic acids is 2. The number of anilines is 1. The monoisotopic (exact) mass is 601 g/mol. The highest BCUT2D eigenvalue weighted by molar-refractivity contribution is 7.93. The number of hydrogen-bond acceptors (Lipinski definition) is 4. The van der Waals surface area contributed by atoms with E-state index in [4.69, 9.17) is 0 Å². The zero-order chi connectivity index (χ0) is 30.4. The summed E-state index contributed by atoms with van der Waals surface area (Å²) in [5.74, 6) is -0.914. The fourth-order valence-corrected chi connectivity index (χ4v) is 7.31. The third-order valence-electron chi connectivity index (χ3n) is 7.80. The Bertz CT molecular complexity index is 1690. The Morgan fingerprint density at radius 3 is 2.33 bits per heavy atom. The smallest absolute Gasteiger partial charge is 0.265 e. The lowest BCUT2D eigenvalue weighted by Gasteiger charge is -2.32. The van der Waals surface area contributed by atoms with E-state index in [1.165, 1.54) is 16.4 Å². The molecule has 0 unspecified atom stereocenters. The van der Waals surface area contributed by atoms with Gasteiger partial charge >= 0.3 is 0 Å². The molecule has 1 aliphatic rings. The Labute approximate surface area is 252 Å². The van der Waals surface area contributed by atoms with Crippen LogP contribution in [0.1, 0.15) is 43.7 Å². The van der Waals surface area contributed by atoms with Crippen LogP contribution in [0.15, 0.2) is 95.9 Å². The molecule has 0 spiro atoms. The summed E-state index contributed by atoms with van der Waals surface area (Å²) in [6.07, 6.45) is 2.34. The molecule has 0 fully saturated rings. The number of amides is 2. The van der Waals surface area contributed by atoms with E-state index in [1.807, 2.05) is 55.5 Å². The lowest BCUT2D eigenvalue weighted by atomic mass is 10.0. The lowest BCUT2D eigenvalue weighted by molar-refractivity contribution is -0.141. The maximum Gasteiger partial charge on any atom is 0.265 e. The minimum absolute atomic E-state index is 0.0348. The van der Waals surface area contributed by atoms with Crippen molar-refractivity contribution in [1.82, 2.24) is 10.2 Å². The van der Waals surface area contributed by atoms with Gasteiger partial charge in [-0.1, -0.05) is 80.1 Å². The van der Waals surface area contributed by atoms with Gasteiger partial charge in [0.15, 0.2) is 0 Å². The van der Waals surface area contributed by atoms with E-state index in [0.29, 0.717) is 29.6 Å². The molecule has 1 heterocycles. The molecule has 224 valence electrons. The summed E-state index contributed by atoms with van der Waals surface area (Å²) in [6.45, 7) is 2.78. The summed E-state index contributed by atoms with van der Waals surface area (Å²) in [6, 6.07) is 25.3. The molecule has 4 aromatic rings. The van der Waals surface area contributed by atoms with Gasteiger partial charge in [-0.05, 0) is 53.6 Å². The zero-order valence-electron chi connectivity index (χ0n) is 24.2. The number of sulfonamides is 1. The second-order valence-corrected chi connectivity index (χ2v) is 12.6. The summed E-state index contributed by atoms with van der Waals surface area (Å²) in [5.41, 5.74) is 2.21. The summed E-state index contributed by atoms with van der Waals surface area (Å²) >= 11 is 0. The number of nitrogens with zero attached hydrogens (tertiary/aromatic N) is 2. The Morgan fingerprint density at radius 2 is 1.60 bits per heavy atom. The molecule has 0 bridgehead atoms. The second kappa shape index (κ2) is 13.4. The summed E-state index contributed by atoms with van der Waals surface area (Å²) in [7, 11) is -3.74. The van der Waals surface area contributed by atoms with Gasteiger partial charge in [0.25, 0.3) is 10.0 Å². The zero-order valence-corrected chi connectivity index (χ0v) is 25.0. The van der Waals surface area contributed by atoms with Crippen LogP contribution in [0.3, 0.4) is 0 Å². The minimum atomic E-state index is -3.74. The molecule has 0 saturated carbocycles. The molecule has 43 heavy (non-hydrogen) atoms. The molecule has 0 aliphatic carbocycles. The van der Waals surface area contributed by atoms with Crippen molar-refractivity contribution in [3.05, 3.63) is 108 Å². The van der Waals surface area contributed by atoms with E-state index in [9.17, 15) is 22.4 Å². The lowest BCUT2D eigenvalue weighted by Crippen LogP contribution is -2.50. The highest BCUT2D eigenvalue weighted by Gasteiger charge is 2.36. The largest absolute Gasteiger partial charge is 0.354 e. The van der Waals surface area contributed by atoms with Gasteiger partial charge in [-0.25, -0.2) is 12.8 Å². The molecular weight excluding hydrogens is 565 g/mol. The SMILES string of the molecule is CCCCNC(=O)[C@H](Cc1ccccc1)N(Cc1ccc(F)cc1)C(=O)CCCN1c2cccc3cccc(c23)S1(=O)=O. The van der Waals surface area contributed by atoms with Crippen LogP contribution in [0.5, 0.6) is 0 Å². The van der Waals surface area contributed by atoms with Crippen molar-refractivity contribution in [3.63, 3.8) is 0 Å². The first-order valence-electron chi connectivity index (χ1n) is 14.7. The normalized spacial score (nSPS) is 14.0. The van der Waals surface area contributed by atoms with Gasteiger partial charge in [-0.15, -0.1) is 0 Å². The van der Waals surface area contributed by atoms with Crippen LogP contribution < -0.4 is 9.62 Å². The molecule has 7 nitrogen and oxygen atoms in total. The Hall–Kier alpha value is -4.24. The van der Waals surface area contributed by atoms with E-state index >= 15 is 0 Å². The third-order valence-corrected chi connectivity index (χ3v) is 9.66. The topological polar surface area (TPSA) is 86.8 Å². The van der Waals surface area contributed by atoms with Crippen LogP contribution in [-0.2, 0) is 32.6 Å². The molecule has 0 aromatic heterocycles. The number of benzene rings is 4. The highest BCUT2D eigenvalue weighted by Crippen LogP contribution is 2.42. The number of halogens is 1. The average Bonchev–Trinajstić information content (AvgIpc) is 3.23. The number of nitrogens with one attached hydrogen (secondary N) is 1. The van der Waals surface area contributed by atoms with Crippen molar-refractivity contribution in [1.29, 1.82) is 0 Å². The van der Waals surface area contributed by atoms with Gasteiger partial charge in [-0.3, -0.25) is 13.9 Å². The van der Waals surface area contributed by atoms with E-state index in [-0.39, 0.29) is 48.5 Å². The fourth-order valence-electron chi connectivity index (χ4n) is 5.56. The second-order valence-electron chi connectivity index (χ2n) is 10.8. The van der Waals surface area contributed by atoms with Gasteiger partial charge in [0.2, 0.25) is 11.8 Å². The van der Waals surface area contributed by atoms with Crippen molar-refractivity contribution in [2.45, 2.75) is 56.5 Å². The van der Waals surface area contributed by atoms with E-state index in [1.54, 1.807) is 35.2 Å². The van der Waals surface area contributed by atoms with Gasteiger partial charge < -0.3 is 10.2 Å². The Morgan fingerprint density at radius 1 is 0.884 bits per heavy atom. The van der Waals surface area contributed by atoms with Crippen LogP contribution in [-0.4, -0.2) is 44.3 Å². The predicted molar refractivity (Wildman–Crippen MR) is 167 cm³/mol. The van der Waals surface area contributed by atoms with Crippen LogP contribution in [0.4, 0.5) is 10.1 Å². The first-order chi connectivity index (χ1) is 20.8. The van der Waals surface area contributed by atoms with Crippen molar-refractivity contribution in [2.24, 2.45) is 0 Å². The third kappa shape index (κ3) is 6.72. The Balaban J connectivity index is 1.38. The average molecular weight is 602 g/mol. The predicted octanol–water partition coefficient (Wildman–Crippen LogP) is 5.82. The standard InChI is InChI=1S/C34H36FN3O4S/c1-2-3-21-36-34(40)30(23-25-10-5-4-6-11-25)37(24-26-17-19-28(35)20-18-26)32(39)16-9-22-38-29-14-7-12-27-13-8-15-31(33(27)29)43(38,41)42/h4-8,10-15,17-20,30H,2-3,9,16,21-24H2,1H3,(H,36,40)/t30-/m0/s1. The van der Waals surface area contributed by atoms with Gasteiger partial charge in [0, 0.05) is 37.9 Å². The number of hydrogen-bond donors (Lipinski definition) is 1. The summed E-state index contributed by atoms with van der Waals surface area (Å²) < 4.78 is 41.9. The molecule has 0 saturated heterocycles. The number of unbranched alkanes of at least 4 members (excludes halogenated alkanes) is 1. The van der Waals surface area contributed by atoms with E-state index < -0.39 is 16.1 Å². The molecule has 1 N–H and O–H groups in total. The van der Waals surface area contributed by atoms with Crippen molar-refractivity contribution >= 4 is 38.3 Å². The fraction of sp³-hybridized carbons (Fsp3) is 0.294. The highest BCUT2D eigenvalue weighted by atomic mass is 32.2. The van der Waals surface area contributed by atoms with Crippen LogP contribution in [0, 0.1) is 5.82 Å². The van der Waals surface area contributed by atoms with Crippen LogP contribution in [0.25, 0.3) is 10.8 Å². The molecule has 9 heteroatoms. The maximum atomic E-state index is 13.9.